The third-order valence-corrected chi connectivity index (χ3v) is 0. The first-order valence-corrected chi connectivity index (χ1v) is 6.62. The second-order valence-electron chi connectivity index (χ2n) is 1.36. The van der Waals surface area contributed by atoms with Crippen LogP contribution in [0.4, 0.5) is 0 Å². The third-order valence-electron chi connectivity index (χ3n) is 0. The summed E-state index contributed by atoms with van der Waals surface area (Å²) in [6, 6.07) is 0. The van der Waals surface area contributed by atoms with E-state index in [9.17, 15) is 0 Å². The molecule has 0 aliphatic carbocycles. The van der Waals surface area contributed by atoms with E-state index >= 15 is 0 Å². The largest absolute Gasteiger partial charge is 2.00 e. The second-order valence-corrected chi connectivity index (χ2v) is 4.09. The average molecular weight is 465 g/mol. The standard InChI is InChI=1S/2Mg.3H3O4P.2Zn/c;;3*1-5(2,3)4;;/h;;3*(H3,1,2,3,4);;/q2*+2;;;;2*+2/p-8. The van der Waals surface area contributed by atoms with Gasteiger partial charge in [-0.2, -0.15) is 15.6 Å². The zero-order chi connectivity index (χ0) is 13.5. The minimum absolute atomic E-state index is 0. The Morgan fingerprint density at radius 1 is 0.579 bits per heavy atom. The molecule has 0 aliphatic heterocycles. The molecular weight excluding hydrogens is 464 g/mol. The quantitative estimate of drug-likeness (QED) is 0.258. The fourth-order valence-corrected chi connectivity index (χ4v) is 0. The van der Waals surface area contributed by atoms with Crippen molar-refractivity contribution in [2.75, 3.05) is 0 Å². The summed E-state index contributed by atoms with van der Waals surface area (Å²) in [6.45, 7) is 0. The summed E-state index contributed by atoms with van der Waals surface area (Å²) in [7, 11) is -15.9. The van der Waals surface area contributed by atoms with E-state index in [-0.39, 0.29) is 85.1 Å². The molecule has 0 amide bonds. The molecule has 0 heterocycles. The summed E-state index contributed by atoms with van der Waals surface area (Å²) < 4.78 is 25.8. The predicted octanol–water partition coefficient (Wildman–Crippen LogP) is -8.61. The van der Waals surface area contributed by atoms with Crippen molar-refractivity contribution < 1.29 is 96.7 Å². The molecule has 0 atom stereocenters. The van der Waals surface area contributed by atoms with Gasteiger partial charge in [0.15, 0.2) is 0 Å². The third kappa shape index (κ3) is 797. The van der Waals surface area contributed by atoms with Crippen molar-refractivity contribution in [3.63, 3.8) is 0 Å². The Labute approximate surface area is 164 Å². The summed E-state index contributed by atoms with van der Waals surface area (Å²) in [5, 5.41) is 0. The molecule has 96 valence electrons. The first-order chi connectivity index (χ1) is 6.00. The van der Waals surface area contributed by atoms with Gasteiger partial charge in [-0.25, -0.2) is 0 Å². The van der Waals surface area contributed by atoms with Gasteiger partial charge in [-0.15, -0.1) is 0 Å². The van der Waals surface area contributed by atoms with E-state index in [1.807, 2.05) is 0 Å². The van der Waals surface area contributed by atoms with Crippen molar-refractivity contribution in [3.05, 3.63) is 0 Å². The Morgan fingerprint density at radius 3 is 0.579 bits per heavy atom. The van der Waals surface area contributed by atoms with Crippen molar-refractivity contribution in [1.82, 2.24) is 0 Å². The van der Waals surface area contributed by atoms with Crippen LogP contribution in [0.1, 0.15) is 0 Å². The topological polar surface area (TPSA) is 256 Å². The fourth-order valence-electron chi connectivity index (χ4n) is 0. The smallest absolute Gasteiger partial charge is 0.822 e. The van der Waals surface area contributed by atoms with Crippen LogP contribution in [-0.2, 0) is 52.7 Å². The van der Waals surface area contributed by atoms with E-state index in [0.29, 0.717) is 0 Å². The zero-order valence-corrected chi connectivity index (χ0v) is 20.6. The molecule has 19 heavy (non-hydrogen) atoms. The summed E-state index contributed by atoms with van der Waals surface area (Å²) in [6.07, 6.45) is 0. The van der Waals surface area contributed by atoms with Crippen molar-refractivity contribution in [1.29, 1.82) is 0 Å². The summed E-state index contributed by atoms with van der Waals surface area (Å²) in [5.41, 5.74) is 0. The van der Waals surface area contributed by atoms with Crippen LogP contribution in [0.25, 0.3) is 0 Å². The molecule has 1 N–H and O–H groups in total. The van der Waals surface area contributed by atoms with Gasteiger partial charge >= 0.3 is 85.1 Å². The molecule has 0 aromatic heterocycles. The maximum atomic E-state index is 8.66. The van der Waals surface area contributed by atoms with Crippen molar-refractivity contribution in [3.8, 4) is 0 Å². The van der Waals surface area contributed by atoms with Gasteiger partial charge in [0.05, 0.1) is 7.82 Å². The molecule has 0 rings (SSSR count). The van der Waals surface area contributed by atoms with E-state index < -0.39 is 23.5 Å². The Bertz CT molecular complexity index is 215. The molecule has 0 aliphatic rings. The van der Waals surface area contributed by atoms with Gasteiger partial charge in [-0.05, 0) is 0 Å². The van der Waals surface area contributed by atoms with Gasteiger partial charge < -0.3 is 57.7 Å². The first-order valence-electron chi connectivity index (χ1n) is 2.21. The van der Waals surface area contributed by atoms with Crippen LogP contribution in [0.2, 0.25) is 0 Å². The van der Waals surface area contributed by atoms with E-state index in [2.05, 4.69) is 0 Å². The van der Waals surface area contributed by atoms with E-state index in [4.69, 9.17) is 57.7 Å². The van der Waals surface area contributed by atoms with E-state index in [0.717, 1.165) is 0 Å². The van der Waals surface area contributed by atoms with Crippen LogP contribution in [-0.4, -0.2) is 51.0 Å². The zero-order valence-electron chi connectivity index (χ0n) is 9.11. The van der Waals surface area contributed by atoms with Gasteiger partial charge in [-0.3, -0.25) is 0 Å². The van der Waals surface area contributed by atoms with Crippen LogP contribution in [0, 0.1) is 0 Å². The van der Waals surface area contributed by atoms with Gasteiger partial charge in [0.25, 0.3) is 0 Å². The van der Waals surface area contributed by atoms with Crippen LogP contribution in [0.15, 0.2) is 0 Å². The van der Waals surface area contributed by atoms with Gasteiger partial charge in [0.1, 0.15) is 0 Å². The van der Waals surface area contributed by atoms with Crippen molar-refractivity contribution >= 4 is 69.6 Å². The second kappa shape index (κ2) is 19.2. The Kier molecular flexibility index (Phi) is 43.5. The predicted molar refractivity (Wildman–Crippen MR) is 36.5 cm³/mol. The molecule has 0 fully saturated rings. The molecule has 0 radical (unpaired) electrons. The SMILES string of the molecule is O=P([O-])([O-])O.O=P([O-])([O-])[O-].O=P([O-])([O-])[O-].[Mg+2].[Mg+2].[Zn+2].[Zn+2]. The van der Waals surface area contributed by atoms with Crippen LogP contribution in [0.5, 0.6) is 0 Å². The van der Waals surface area contributed by atoms with Crippen LogP contribution >= 0.6 is 23.5 Å². The number of hydrogen-bond acceptors (Lipinski definition) is 11. The molecule has 12 nitrogen and oxygen atoms in total. The normalized spacial score (nSPS) is 9.32. The minimum atomic E-state index is -5.39. The first kappa shape index (κ1) is 43.2. The van der Waals surface area contributed by atoms with Crippen molar-refractivity contribution in [2.24, 2.45) is 0 Å². The number of hydrogen-bond donors (Lipinski definition) is 1. The Balaban J connectivity index is -0.0000000206. The average Bonchev–Trinajstić information content (AvgIpc) is 1.41. The van der Waals surface area contributed by atoms with E-state index in [1.165, 1.54) is 0 Å². The monoisotopic (exact) mass is 462 g/mol. The van der Waals surface area contributed by atoms with Gasteiger partial charge in [-0.1, -0.05) is 0 Å². The van der Waals surface area contributed by atoms with Crippen LogP contribution in [0.3, 0.4) is 0 Å². The fraction of sp³-hybridized carbons (Fsp3) is 0. The number of phosphoric acid groups is 3. The molecular formula is HMg2O12P3Zn2. The molecule has 0 saturated carbocycles. The molecule has 0 spiro atoms. The molecule has 19 heteroatoms. The summed E-state index contributed by atoms with van der Waals surface area (Å²) in [4.78, 5) is 75.6. The van der Waals surface area contributed by atoms with E-state index in [1.54, 1.807) is 0 Å². The number of rotatable bonds is 0. The van der Waals surface area contributed by atoms with Gasteiger partial charge in [0, 0.05) is 0 Å². The molecule has 0 unspecified atom stereocenters. The molecule has 0 bridgehead atoms. The summed E-state index contributed by atoms with van der Waals surface area (Å²) >= 11 is 0. The maximum absolute atomic E-state index is 8.66. The Morgan fingerprint density at radius 2 is 0.579 bits per heavy atom. The summed E-state index contributed by atoms with van der Waals surface area (Å²) in [5.74, 6) is 0. The van der Waals surface area contributed by atoms with Gasteiger partial charge in [0.2, 0.25) is 0 Å². The molecule has 0 saturated heterocycles. The molecule has 0 aromatic carbocycles. The van der Waals surface area contributed by atoms with Crippen molar-refractivity contribution in [2.45, 2.75) is 0 Å². The maximum Gasteiger partial charge on any atom is 2.00 e. The molecule has 0 aromatic rings. The minimum Gasteiger partial charge on any atom is -0.822 e. The Hall–Kier alpha value is 3.11. The van der Waals surface area contributed by atoms with Crippen LogP contribution < -0.4 is 39.1 Å².